The predicted octanol–water partition coefficient (Wildman–Crippen LogP) is 3.30. The monoisotopic (exact) mass is 409 g/mol. The quantitative estimate of drug-likeness (QED) is 0.627. The summed E-state index contributed by atoms with van der Waals surface area (Å²) in [6.07, 6.45) is 3.99. The number of fused-ring (bicyclic) bond motifs is 3. The molecule has 4 rings (SSSR count). The molecule has 0 saturated carbocycles. The Morgan fingerprint density at radius 3 is 2.83 bits per heavy atom. The lowest BCUT2D eigenvalue weighted by Crippen LogP contribution is -2.32. The van der Waals surface area contributed by atoms with Crippen LogP contribution in [0.15, 0.2) is 42.5 Å². The lowest BCUT2D eigenvalue weighted by atomic mass is 10.1. The first-order valence-electron chi connectivity index (χ1n) is 9.91. The van der Waals surface area contributed by atoms with E-state index in [2.05, 4.69) is 27.0 Å². The Morgan fingerprint density at radius 1 is 1.20 bits per heavy atom. The number of benzene rings is 1. The molecule has 8 nitrogen and oxygen atoms in total. The fraction of sp³-hybridized carbons (Fsp3) is 0.364. The normalized spacial score (nSPS) is 15.8. The summed E-state index contributed by atoms with van der Waals surface area (Å²) in [6.45, 7) is 8.02. The lowest BCUT2D eigenvalue weighted by Gasteiger charge is -2.29. The number of nitrogens with zero attached hydrogens (tertiary/aromatic N) is 4. The van der Waals surface area contributed by atoms with Crippen LogP contribution in [0, 0.1) is 0 Å². The Bertz CT molecular complexity index is 1080. The molecule has 3 aromatic rings. The van der Waals surface area contributed by atoms with Gasteiger partial charge in [0.2, 0.25) is 5.88 Å². The number of aromatic nitrogens is 3. The highest BCUT2D eigenvalue weighted by molar-refractivity contribution is 5.87. The van der Waals surface area contributed by atoms with Crippen LogP contribution in [0.25, 0.3) is 11.0 Å². The van der Waals surface area contributed by atoms with Crippen LogP contribution in [-0.2, 0) is 11.3 Å². The van der Waals surface area contributed by atoms with E-state index in [1.165, 1.54) is 0 Å². The molecule has 0 radical (unpaired) electrons. The summed E-state index contributed by atoms with van der Waals surface area (Å²) in [6, 6.07) is 9.81. The summed E-state index contributed by atoms with van der Waals surface area (Å²) >= 11 is 0. The van der Waals surface area contributed by atoms with E-state index in [0.717, 1.165) is 11.3 Å². The molecule has 2 aromatic heterocycles. The molecule has 0 amide bonds. The fourth-order valence-corrected chi connectivity index (χ4v) is 3.28. The first-order chi connectivity index (χ1) is 14.3. The van der Waals surface area contributed by atoms with Crippen LogP contribution in [-0.4, -0.2) is 45.1 Å². The number of pyridine rings is 1. The van der Waals surface area contributed by atoms with Gasteiger partial charge in [-0.25, -0.2) is 0 Å². The van der Waals surface area contributed by atoms with Crippen LogP contribution in [0.2, 0.25) is 0 Å². The minimum absolute atomic E-state index is 0.110. The molecule has 0 spiro atoms. The Balaban J connectivity index is 1.75. The van der Waals surface area contributed by atoms with Gasteiger partial charge in [0.25, 0.3) is 6.01 Å². The molecular formula is C22H27N5O3. The summed E-state index contributed by atoms with van der Waals surface area (Å²) in [7, 11) is 0. The summed E-state index contributed by atoms with van der Waals surface area (Å²) in [5, 5.41) is 10.4. The van der Waals surface area contributed by atoms with Crippen molar-refractivity contribution in [1.82, 2.24) is 14.5 Å². The summed E-state index contributed by atoms with van der Waals surface area (Å²) in [4.78, 5) is 10.6. The zero-order chi connectivity index (χ0) is 21.3. The smallest absolute Gasteiger partial charge is 0.295 e. The molecule has 0 saturated heterocycles. The number of ether oxygens (including phenoxy) is 2. The van der Waals surface area contributed by atoms with Crippen molar-refractivity contribution in [2.24, 2.45) is 0 Å². The van der Waals surface area contributed by atoms with Crippen molar-refractivity contribution in [3.05, 3.63) is 48.0 Å². The number of rotatable bonds is 2. The van der Waals surface area contributed by atoms with Gasteiger partial charge in [0.15, 0.2) is 5.82 Å². The standard InChI is InChI=1S/C22H27N5O3/c1-22(2,3)30-14-26-9-4-5-10-29-18-12-17-19(20(23)24-18)25-21(28)27(17)13-15-7-6-8-16(26)11-15/h4-8,11-12H,9-10,13-14H2,1-3H3,(H2,23,24)(H,25,28)/b5-4+. The van der Waals surface area contributed by atoms with E-state index in [-0.39, 0.29) is 17.4 Å². The van der Waals surface area contributed by atoms with Crippen LogP contribution < -0.4 is 15.4 Å². The lowest BCUT2D eigenvalue weighted by molar-refractivity contribution is -0.00160. The molecule has 0 atom stereocenters. The number of aromatic hydroxyl groups is 1. The van der Waals surface area contributed by atoms with Crippen molar-refractivity contribution in [2.45, 2.75) is 32.9 Å². The van der Waals surface area contributed by atoms with Crippen molar-refractivity contribution in [2.75, 3.05) is 30.5 Å². The average Bonchev–Trinajstić information content (AvgIpc) is 2.99. The molecule has 158 valence electrons. The third-order valence-corrected chi connectivity index (χ3v) is 4.81. The van der Waals surface area contributed by atoms with E-state index in [1.54, 1.807) is 10.6 Å². The molecule has 0 aliphatic carbocycles. The third-order valence-electron chi connectivity index (χ3n) is 4.81. The topological polar surface area (TPSA) is 98.7 Å². The van der Waals surface area contributed by atoms with Gasteiger partial charge in [-0.2, -0.15) is 9.97 Å². The molecule has 0 fully saturated rings. The van der Waals surface area contributed by atoms with Crippen molar-refractivity contribution < 1.29 is 14.6 Å². The second kappa shape index (κ2) is 7.87. The molecule has 1 aliphatic heterocycles. The number of hydrogen-bond acceptors (Lipinski definition) is 7. The van der Waals surface area contributed by atoms with Crippen LogP contribution in [0.1, 0.15) is 26.3 Å². The maximum Gasteiger partial charge on any atom is 0.295 e. The minimum Gasteiger partial charge on any atom is -0.480 e. The van der Waals surface area contributed by atoms with E-state index in [4.69, 9.17) is 15.2 Å². The SMILES string of the molecule is CC(C)(C)OCN1C/C=C/COc2cc3c(nc(O)n3Cc3cccc1c3)c(N)n2. The largest absolute Gasteiger partial charge is 0.480 e. The summed E-state index contributed by atoms with van der Waals surface area (Å²) in [5.41, 5.74) is 8.98. The maximum absolute atomic E-state index is 10.4. The summed E-state index contributed by atoms with van der Waals surface area (Å²) in [5.74, 6) is 0.622. The van der Waals surface area contributed by atoms with E-state index < -0.39 is 0 Å². The number of anilines is 2. The molecule has 1 aromatic carbocycles. The van der Waals surface area contributed by atoms with Crippen molar-refractivity contribution >= 4 is 22.5 Å². The molecule has 3 N–H and O–H groups in total. The second-order valence-corrected chi connectivity index (χ2v) is 8.27. The van der Waals surface area contributed by atoms with Gasteiger partial charge in [0, 0.05) is 18.3 Å². The zero-order valence-corrected chi connectivity index (χ0v) is 17.5. The molecule has 3 heterocycles. The number of nitrogen functional groups attached to an aromatic ring is 1. The Morgan fingerprint density at radius 2 is 2.03 bits per heavy atom. The fourth-order valence-electron chi connectivity index (χ4n) is 3.28. The van der Waals surface area contributed by atoms with Crippen LogP contribution in [0.3, 0.4) is 0 Å². The van der Waals surface area contributed by atoms with E-state index in [0.29, 0.717) is 43.3 Å². The van der Waals surface area contributed by atoms with Crippen molar-refractivity contribution in [1.29, 1.82) is 0 Å². The van der Waals surface area contributed by atoms with Gasteiger partial charge in [0.1, 0.15) is 18.9 Å². The van der Waals surface area contributed by atoms with Gasteiger partial charge in [-0.15, -0.1) is 0 Å². The third kappa shape index (κ3) is 4.33. The first-order valence-corrected chi connectivity index (χ1v) is 9.91. The Kier molecular flexibility index (Phi) is 5.26. The predicted molar refractivity (Wildman–Crippen MR) is 117 cm³/mol. The number of nitrogens with two attached hydrogens (primary N) is 1. The van der Waals surface area contributed by atoms with E-state index >= 15 is 0 Å². The molecule has 1 aliphatic rings. The highest BCUT2D eigenvalue weighted by Gasteiger charge is 2.17. The van der Waals surface area contributed by atoms with E-state index in [9.17, 15) is 5.11 Å². The molecular weight excluding hydrogens is 382 g/mol. The van der Waals surface area contributed by atoms with Crippen LogP contribution in [0.4, 0.5) is 11.5 Å². The minimum atomic E-state index is -0.244. The molecule has 0 unspecified atom stereocenters. The van der Waals surface area contributed by atoms with Gasteiger partial charge in [0.05, 0.1) is 17.7 Å². The number of hydrogen-bond donors (Lipinski definition) is 2. The first kappa shape index (κ1) is 20.0. The highest BCUT2D eigenvalue weighted by atomic mass is 16.5. The Labute approximate surface area is 175 Å². The van der Waals surface area contributed by atoms with E-state index in [1.807, 2.05) is 45.1 Å². The molecule has 8 heteroatoms. The van der Waals surface area contributed by atoms with Crippen LogP contribution >= 0.6 is 0 Å². The maximum atomic E-state index is 10.4. The van der Waals surface area contributed by atoms with Gasteiger partial charge in [-0.3, -0.25) is 4.57 Å². The van der Waals surface area contributed by atoms with Gasteiger partial charge < -0.3 is 25.2 Å². The second-order valence-electron chi connectivity index (χ2n) is 8.27. The molecule has 4 bridgehead atoms. The average molecular weight is 409 g/mol. The van der Waals surface area contributed by atoms with Gasteiger partial charge in [-0.1, -0.05) is 18.2 Å². The van der Waals surface area contributed by atoms with Crippen molar-refractivity contribution in [3.63, 3.8) is 0 Å². The van der Waals surface area contributed by atoms with Gasteiger partial charge in [-0.05, 0) is 44.5 Å². The van der Waals surface area contributed by atoms with Crippen LogP contribution in [0.5, 0.6) is 11.9 Å². The van der Waals surface area contributed by atoms with Crippen molar-refractivity contribution in [3.8, 4) is 11.9 Å². The molecule has 30 heavy (non-hydrogen) atoms. The van der Waals surface area contributed by atoms with Gasteiger partial charge >= 0.3 is 0 Å². The summed E-state index contributed by atoms with van der Waals surface area (Å²) < 4.78 is 13.5. The zero-order valence-electron chi connectivity index (χ0n) is 17.5. The highest BCUT2D eigenvalue weighted by Crippen LogP contribution is 2.29. The Hall–Kier alpha value is -3.26. The number of imidazole rings is 1.